The molecular formula is C17H18N4O3. The van der Waals surface area contributed by atoms with Crippen molar-refractivity contribution in [2.24, 2.45) is 0 Å². The zero-order chi connectivity index (χ0) is 16.5. The van der Waals surface area contributed by atoms with Crippen LogP contribution >= 0.6 is 0 Å². The minimum absolute atomic E-state index is 0.153. The van der Waals surface area contributed by atoms with E-state index in [4.69, 9.17) is 9.84 Å². The summed E-state index contributed by atoms with van der Waals surface area (Å²) in [6, 6.07) is 8.21. The molecule has 1 amide bonds. The predicted octanol–water partition coefficient (Wildman–Crippen LogP) is 2.70. The zero-order valence-electron chi connectivity index (χ0n) is 13.1. The van der Waals surface area contributed by atoms with Crippen molar-refractivity contribution in [3.63, 3.8) is 0 Å². The summed E-state index contributed by atoms with van der Waals surface area (Å²) in [5.74, 6) is 0.908. The number of benzene rings is 1. The summed E-state index contributed by atoms with van der Waals surface area (Å²) in [7, 11) is 0. The number of aromatic nitrogens is 3. The molecule has 0 radical (unpaired) electrons. The van der Waals surface area contributed by atoms with Crippen LogP contribution < -0.4 is 5.32 Å². The highest BCUT2D eigenvalue weighted by molar-refractivity contribution is 6.02. The fourth-order valence-electron chi connectivity index (χ4n) is 3.37. The third-order valence-corrected chi connectivity index (χ3v) is 4.39. The Kier molecular flexibility index (Phi) is 3.78. The maximum absolute atomic E-state index is 10.6. The number of hydrogen-bond acceptors (Lipinski definition) is 4. The molecule has 0 fully saturated rings. The first-order valence-electron chi connectivity index (χ1n) is 8.03. The van der Waals surface area contributed by atoms with E-state index in [9.17, 15) is 4.79 Å². The SMILES string of the molecule is O=C(O)NCCC[C@H]1COCc2nc3cnc4ccccc4c3n21. The summed E-state index contributed by atoms with van der Waals surface area (Å²) < 4.78 is 7.94. The molecule has 3 aromatic rings. The highest BCUT2D eigenvalue weighted by atomic mass is 16.5. The Balaban J connectivity index is 1.72. The van der Waals surface area contributed by atoms with E-state index in [0.717, 1.165) is 40.6 Å². The number of carbonyl (C=O) groups is 1. The molecule has 0 spiro atoms. The second-order valence-corrected chi connectivity index (χ2v) is 5.95. The first-order valence-corrected chi connectivity index (χ1v) is 8.03. The van der Waals surface area contributed by atoms with Crippen LogP contribution in [0.5, 0.6) is 0 Å². The van der Waals surface area contributed by atoms with Crippen LogP contribution in [0.3, 0.4) is 0 Å². The summed E-state index contributed by atoms with van der Waals surface area (Å²) in [5.41, 5.74) is 2.92. The van der Waals surface area contributed by atoms with Gasteiger partial charge < -0.3 is 19.7 Å². The van der Waals surface area contributed by atoms with Gasteiger partial charge in [0.2, 0.25) is 0 Å². The van der Waals surface area contributed by atoms with E-state index in [-0.39, 0.29) is 6.04 Å². The van der Waals surface area contributed by atoms with Gasteiger partial charge in [0, 0.05) is 11.9 Å². The van der Waals surface area contributed by atoms with Crippen LogP contribution in [0.1, 0.15) is 24.7 Å². The van der Waals surface area contributed by atoms with Gasteiger partial charge in [0.25, 0.3) is 0 Å². The minimum Gasteiger partial charge on any atom is -0.465 e. The standard InChI is InChI=1S/C17H18N4O3/c22-17(23)18-7-3-4-11-9-24-10-15-20-14-8-19-13-6-2-1-5-12(13)16(14)21(11)15/h1-2,5-6,8,11,18H,3-4,7,9-10H2,(H,22,23)/t11-/m0/s1. The summed E-state index contributed by atoms with van der Waals surface area (Å²) in [6.07, 6.45) is 2.41. The molecular weight excluding hydrogens is 308 g/mol. The van der Waals surface area contributed by atoms with Gasteiger partial charge >= 0.3 is 6.09 Å². The molecule has 124 valence electrons. The Morgan fingerprint density at radius 3 is 3.12 bits per heavy atom. The molecule has 0 saturated heterocycles. The molecule has 0 unspecified atom stereocenters. The second-order valence-electron chi connectivity index (χ2n) is 5.95. The van der Waals surface area contributed by atoms with Gasteiger partial charge in [-0.3, -0.25) is 4.98 Å². The van der Waals surface area contributed by atoms with Gasteiger partial charge in [-0.2, -0.15) is 0 Å². The largest absolute Gasteiger partial charge is 0.465 e. The lowest BCUT2D eigenvalue weighted by Gasteiger charge is -2.26. The number of amides is 1. The maximum Gasteiger partial charge on any atom is 0.404 e. The van der Waals surface area contributed by atoms with E-state index >= 15 is 0 Å². The number of rotatable bonds is 4. The average molecular weight is 326 g/mol. The van der Waals surface area contributed by atoms with Gasteiger partial charge in [-0.1, -0.05) is 18.2 Å². The van der Waals surface area contributed by atoms with Crippen LogP contribution in [-0.2, 0) is 11.3 Å². The highest BCUT2D eigenvalue weighted by Crippen LogP contribution is 2.32. The van der Waals surface area contributed by atoms with Crippen molar-refractivity contribution in [1.29, 1.82) is 0 Å². The third-order valence-electron chi connectivity index (χ3n) is 4.39. The van der Waals surface area contributed by atoms with E-state index in [1.54, 1.807) is 0 Å². The molecule has 1 atom stereocenters. The minimum atomic E-state index is -0.985. The van der Waals surface area contributed by atoms with Gasteiger partial charge in [0.15, 0.2) is 0 Å². The molecule has 1 aliphatic heterocycles. The average Bonchev–Trinajstić information content (AvgIpc) is 2.98. The number of carboxylic acid groups (broad SMARTS) is 1. The summed E-state index contributed by atoms with van der Waals surface area (Å²) >= 11 is 0. The molecule has 2 aromatic heterocycles. The van der Waals surface area contributed by atoms with E-state index < -0.39 is 6.09 Å². The summed E-state index contributed by atoms with van der Waals surface area (Å²) in [5, 5.41) is 12.2. The van der Waals surface area contributed by atoms with E-state index in [2.05, 4.69) is 25.9 Å². The van der Waals surface area contributed by atoms with E-state index in [1.165, 1.54) is 0 Å². The molecule has 2 N–H and O–H groups in total. The topological polar surface area (TPSA) is 89.3 Å². The molecule has 0 aliphatic carbocycles. The third kappa shape index (κ3) is 2.56. The first kappa shape index (κ1) is 14.9. The number of ether oxygens (including phenoxy) is 1. The van der Waals surface area contributed by atoms with Crippen LogP contribution in [0.25, 0.3) is 21.9 Å². The van der Waals surface area contributed by atoms with Crippen molar-refractivity contribution in [2.75, 3.05) is 13.2 Å². The Hall–Kier alpha value is -2.67. The number of pyridine rings is 1. The van der Waals surface area contributed by atoms with Crippen molar-refractivity contribution in [3.05, 3.63) is 36.3 Å². The highest BCUT2D eigenvalue weighted by Gasteiger charge is 2.25. The van der Waals surface area contributed by atoms with E-state index in [0.29, 0.717) is 19.8 Å². The Morgan fingerprint density at radius 2 is 2.25 bits per heavy atom. The normalized spacial score (nSPS) is 17.1. The number of nitrogens with one attached hydrogen (secondary N) is 1. The zero-order valence-corrected chi connectivity index (χ0v) is 13.1. The summed E-state index contributed by atoms with van der Waals surface area (Å²) in [6.45, 7) is 1.55. The van der Waals surface area contributed by atoms with E-state index in [1.807, 2.05) is 24.4 Å². The van der Waals surface area contributed by atoms with Crippen LogP contribution in [0.2, 0.25) is 0 Å². The second kappa shape index (κ2) is 6.09. The van der Waals surface area contributed by atoms with Gasteiger partial charge in [-0.05, 0) is 18.9 Å². The Bertz CT molecular complexity index is 905. The molecule has 1 aromatic carbocycles. The van der Waals surface area contributed by atoms with Crippen LogP contribution in [0, 0.1) is 0 Å². The number of hydrogen-bond donors (Lipinski definition) is 2. The lowest BCUT2D eigenvalue weighted by Crippen LogP contribution is -2.26. The van der Waals surface area contributed by atoms with Gasteiger partial charge in [0.05, 0.1) is 29.9 Å². The molecule has 7 heteroatoms. The lowest BCUT2D eigenvalue weighted by molar-refractivity contribution is 0.0533. The van der Waals surface area contributed by atoms with Gasteiger partial charge in [-0.15, -0.1) is 0 Å². The fraction of sp³-hybridized carbons (Fsp3) is 0.353. The van der Waals surface area contributed by atoms with Crippen molar-refractivity contribution in [2.45, 2.75) is 25.5 Å². The monoisotopic (exact) mass is 326 g/mol. The quantitative estimate of drug-likeness (QED) is 0.720. The van der Waals surface area contributed by atoms with Crippen molar-refractivity contribution < 1.29 is 14.6 Å². The van der Waals surface area contributed by atoms with Crippen molar-refractivity contribution in [3.8, 4) is 0 Å². The smallest absolute Gasteiger partial charge is 0.404 e. The molecule has 3 heterocycles. The fourth-order valence-corrected chi connectivity index (χ4v) is 3.37. The first-order chi connectivity index (χ1) is 11.7. The van der Waals surface area contributed by atoms with Crippen LogP contribution in [0.15, 0.2) is 30.5 Å². The Labute approximate surface area is 138 Å². The van der Waals surface area contributed by atoms with Crippen LogP contribution in [0.4, 0.5) is 4.79 Å². The lowest BCUT2D eigenvalue weighted by atomic mass is 10.1. The molecule has 0 saturated carbocycles. The number of fused-ring (bicyclic) bond motifs is 5. The van der Waals surface area contributed by atoms with Gasteiger partial charge in [-0.25, -0.2) is 9.78 Å². The molecule has 4 rings (SSSR count). The molecule has 0 bridgehead atoms. The molecule has 1 aliphatic rings. The number of imidazole rings is 1. The molecule has 7 nitrogen and oxygen atoms in total. The number of nitrogens with zero attached hydrogens (tertiary/aromatic N) is 3. The molecule has 24 heavy (non-hydrogen) atoms. The van der Waals surface area contributed by atoms with Gasteiger partial charge in [0.1, 0.15) is 17.9 Å². The van der Waals surface area contributed by atoms with Crippen molar-refractivity contribution >= 4 is 28.0 Å². The van der Waals surface area contributed by atoms with Crippen molar-refractivity contribution in [1.82, 2.24) is 19.9 Å². The predicted molar refractivity (Wildman–Crippen MR) is 89.0 cm³/mol. The maximum atomic E-state index is 10.6. The summed E-state index contributed by atoms with van der Waals surface area (Å²) in [4.78, 5) is 19.7. The number of para-hydroxylation sites is 1. The van der Waals surface area contributed by atoms with Crippen LogP contribution in [-0.4, -0.2) is 38.9 Å². The Morgan fingerprint density at radius 1 is 1.38 bits per heavy atom.